The smallest absolute Gasteiger partial charge is 0.407 e. The lowest BCUT2D eigenvalue weighted by molar-refractivity contribution is 0.0119. The molecule has 0 aliphatic heterocycles. The van der Waals surface area contributed by atoms with E-state index in [-0.39, 0.29) is 23.4 Å². The zero-order valence-electron chi connectivity index (χ0n) is 14.1. The van der Waals surface area contributed by atoms with Crippen molar-refractivity contribution in [3.8, 4) is 5.75 Å². The molecular formula is C16H23NO7. The molecule has 0 aromatic heterocycles. The average Bonchev–Trinajstić information content (AvgIpc) is 2.49. The van der Waals surface area contributed by atoms with Gasteiger partial charge in [0.15, 0.2) is 0 Å². The summed E-state index contributed by atoms with van der Waals surface area (Å²) < 4.78 is 9.98. The van der Waals surface area contributed by atoms with Crippen LogP contribution in [0.25, 0.3) is 0 Å². The van der Waals surface area contributed by atoms with E-state index >= 15 is 0 Å². The Bertz CT molecular complexity index is 595. The summed E-state index contributed by atoms with van der Waals surface area (Å²) in [5, 5.41) is 31.9. The zero-order chi connectivity index (χ0) is 18.5. The second-order valence-corrected chi connectivity index (χ2v) is 6.12. The first-order chi connectivity index (χ1) is 11.1. The van der Waals surface area contributed by atoms with Crippen molar-refractivity contribution in [3.05, 3.63) is 29.3 Å². The highest BCUT2D eigenvalue weighted by Crippen LogP contribution is 2.28. The molecule has 8 heteroatoms. The Morgan fingerprint density at radius 1 is 1.25 bits per heavy atom. The number of carbonyl (C=O) groups is 2. The molecular weight excluding hydrogens is 318 g/mol. The maximum absolute atomic E-state index is 11.6. The van der Waals surface area contributed by atoms with Crippen molar-refractivity contribution in [3.63, 3.8) is 0 Å². The second-order valence-electron chi connectivity index (χ2n) is 6.12. The Morgan fingerprint density at radius 2 is 1.88 bits per heavy atom. The number of carboxylic acid groups (broad SMARTS) is 1. The van der Waals surface area contributed by atoms with Gasteiger partial charge in [-0.15, -0.1) is 0 Å². The summed E-state index contributed by atoms with van der Waals surface area (Å²) in [6.07, 6.45) is -3.71. The van der Waals surface area contributed by atoms with Crippen molar-refractivity contribution >= 4 is 12.1 Å². The quantitative estimate of drug-likeness (QED) is 0.615. The minimum atomic E-state index is -1.53. The number of aromatic carboxylic acids is 1. The summed E-state index contributed by atoms with van der Waals surface area (Å²) in [4.78, 5) is 22.9. The van der Waals surface area contributed by atoms with E-state index in [1.165, 1.54) is 25.3 Å². The molecule has 0 saturated carbocycles. The van der Waals surface area contributed by atoms with Crippen LogP contribution in [0.2, 0.25) is 0 Å². The third kappa shape index (κ3) is 5.39. The van der Waals surface area contributed by atoms with E-state index in [0.717, 1.165) is 0 Å². The summed E-state index contributed by atoms with van der Waals surface area (Å²) in [6, 6.07) is 4.30. The highest BCUT2D eigenvalue weighted by atomic mass is 16.6. The van der Waals surface area contributed by atoms with Crippen LogP contribution in [0.1, 0.15) is 42.8 Å². The highest BCUT2D eigenvalue weighted by molar-refractivity contribution is 5.92. The summed E-state index contributed by atoms with van der Waals surface area (Å²) in [5.41, 5.74) is -0.958. The number of ether oxygens (including phenoxy) is 2. The van der Waals surface area contributed by atoms with Gasteiger partial charge in [-0.25, -0.2) is 9.59 Å². The molecule has 1 aromatic rings. The van der Waals surface area contributed by atoms with Crippen LogP contribution in [0.3, 0.4) is 0 Å². The average molecular weight is 341 g/mol. The summed E-state index contributed by atoms with van der Waals surface area (Å²) in [5.74, 6) is -1.24. The summed E-state index contributed by atoms with van der Waals surface area (Å²) in [7, 11) is 1.30. The lowest BCUT2D eigenvalue weighted by atomic mass is 9.97. The number of carboxylic acids is 1. The number of nitrogens with one attached hydrogen (secondary N) is 1. The van der Waals surface area contributed by atoms with Crippen molar-refractivity contribution in [2.45, 2.75) is 38.6 Å². The van der Waals surface area contributed by atoms with Gasteiger partial charge < -0.3 is 30.1 Å². The Hall–Kier alpha value is -2.32. The Morgan fingerprint density at radius 3 is 2.38 bits per heavy atom. The highest BCUT2D eigenvalue weighted by Gasteiger charge is 2.27. The maximum Gasteiger partial charge on any atom is 0.407 e. The van der Waals surface area contributed by atoms with E-state index in [2.05, 4.69) is 5.32 Å². The number of methoxy groups -OCH3 is 1. The van der Waals surface area contributed by atoms with Crippen LogP contribution in [0.5, 0.6) is 5.75 Å². The number of benzene rings is 1. The van der Waals surface area contributed by atoms with E-state index in [9.17, 15) is 24.9 Å². The molecule has 0 radical (unpaired) electrons. The van der Waals surface area contributed by atoms with E-state index < -0.39 is 29.9 Å². The SMILES string of the molecule is COc1cccc(C(O)C(O)CNC(=O)OC(C)(C)C)c1C(=O)O. The Labute approximate surface area is 140 Å². The predicted molar refractivity (Wildman–Crippen MR) is 85.2 cm³/mol. The van der Waals surface area contributed by atoms with Crippen LogP contribution in [0.4, 0.5) is 4.79 Å². The summed E-state index contributed by atoms with van der Waals surface area (Å²) >= 11 is 0. The molecule has 2 atom stereocenters. The van der Waals surface area contributed by atoms with Crippen LogP contribution < -0.4 is 10.1 Å². The minimum Gasteiger partial charge on any atom is -0.496 e. The topological polar surface area (TPSA) is 125 Å². The van der Waals surface area contributed by atoms with Crippen LogP contribution in [-0.4, -0.2) is 52.7 Å². The van der Waals surface area contributed by atoms with Crippen LogP contribution in [0, 0.1) is 0 Å². The van der Waals surface area contributed by atoms with Crippen molar-refractivity contribution < 1.29 is 34.4 Å². The lowest BCUT2D eigenvalue weighted by Crippen LogP contribution is -2.39. The monoisotopic (exact) mass is 341 g/mol. The molecule has 0 aliphatic carbocycles. The molecule has 134 valence electrons. The third-order valence-corrected chi connectivity index (χ3v) is 3.03. The molecule has 0 spiro atoms. The Kier molecular flexibility index (Phi) is 6.56. The fourth-order valence-electron chi connectivity index (χ4n) is 2.01. The molecule has 0 aliphatic rings. The van der Waals surface area contributed by atoms with Gasteiger partial charge in [0.05, 0.1) is 7.11 Å². The molecule has 0 fully saturated rings. The first kappa shape index (κ1) is 19.7. The van der Waals surface area contributed by atoms with E-state index in [1.54, 1.807) is 20.8 Å². The van der Waals surface area contributed by atoms with Crippen molar-refractivity contribution in [1.29, 1.82) is 0 Å². The first-order valence-corrected chi connectivity index (χ1v) is 7.30. The minimum absolute atomic E-state index is 0.0136. The number of amides is 1. The van der Waals surface area contributed by atoms with Crippen molar-refractivity contribution in [2.24, 2.45) is 0 Å². The van der Waals surface area contributed by atoms with Crippen LogP contribution in [-0.2, 0) is 4.74 Å². The van der Waals surface area contributed by atoms with Crippen molar-refractivity contribution in [2.75, 3.05) is 13.7 Å². The fraction of sp³-hybridized carbons (Fsp3) is 0.500. The van der Waals surface area contributed by atoms with Gasteiger partial charge in [-0.05, 0) is 26.8 Å². The molecule has 0 bridgehead atoms. The standard InChI is InChI=1S/C16H23NO7/c1-16(2,3)24-15(22)17-8-10(18)13(19)9-6-5-7-11(23-4)12(9)14(20)21/h5-7,10,13,18-19H,8H2,1-4H3,(H,17,22)(H,20,21). The van der Waals surface area contributed by atoms with Gasteiger partial charge in [0.2, 0.25) is 0 Å². The Balaban J connectivity index is 2.85. The maximum atomic E-state index is 11.6. The molecule has 1 aromatic carbocycles. The number of hydrogen-bond acceptors (Lipinski definition) is 6. The number of aliphatic hydroxyl groups excluding tert-OH is 2. The number of rotatable bonds is 6. The van der Waals surface area contributed by atoms with Gasteiger partial charge in [-0.2, -0.15) is 0 Å². The molecule has 1 amide bonds. The molecule has 1 rings (SSSR count). The van der Waals surface area contributed by atoms with E-state index in [0.29, 0.717) is 0 Å². The second kappa shape index (κ2) is 7.98. The fourth-order valence-corrected chi connectivity index (χ4v) is 2.01. The molecule has 4 N–H and O–H groups in total. The zero-order valence-corrected chi connectivity index (χ0v) is 14.1. The molecule has 2 unspecified atom stereocenters. The molecule has 8 nitrogen and oxygen atoms in total. The normalized spacial score (nSPS) is 13.8. The van der Waals surface area contributed by atoms with Gasteiger partial charge in [-0.3, -0.25) is 0 Å². The van der Waals surface area contributed by atoms with Crippen LogP contribution in [0.15, 0.2) is 18.2 Å². The number of carbonyl (C=O) groups excluding carboxylic acids is 1. The van der Waals surface area contributed by atoms with Gasteiger partial charge >= 0.3 is 12.1 Å². The van der Waals surface area contributed by atoms with E-state index in [1.807, 2.05) is 0 Å². The number of alkyl carbamates (subject to hydrolysis) is 1. The number of aliphatic hydroxyl groups is 2. The molecule has 0 saturated heterocycles. The van der Waals surface area contributed by atoms with Crippen molar-refractivity contribution in [1.82, 2.24) is 5.32 Å². The largest absolute Gasteiger partial charge is 0.496 e. The van der Waals surface area contributed by atoms with Gasteiger partial charge in [0.25, 0.3) is 0 Å². The molecule has 24 heavy (non-hydrogen) atoms. The summed E-state index contributed by atoms with van der Waals surface area (Å²) in [6.45, 7) is 4.75. The number of hydrogen-bond donors (Lipinski definition) is 4. The molecule has 0 heterocycles. The van der Waals surface area contributed by atoms with E-state index in [4.69, 9.17) is 9.47 Å². The van der Waals surface area contributed by atoms with Gasteiger partial charge in [0.1, 0.15) is 29.1 Å². The van der Waals surface area contributed by atoms with Crippen LogP contribution >= 0.6 is 0 Å². The van der Waals surface area contributed by atoms with Gasteiger partial charge in [0, 0.05) is 12.1 Å². The predicted octanol–water partition coefficient (Wildman–Crippen LogP) is 1.31. The lowest BCUT2D eigenvalue weighted by Gasteiger charge is -2.23. The third-order valence-electron chi connectivity index (χ3n) is 3.03. The first-order valence-electron chi connectivity index (χ1n) is 7.30. The van der Waals surface area contributed by atoms with Gasteiger partial charge in [-0.1, -0.05) is 12.1 Å².